The molecule has 6 aromatic rings. The summed E-state index contributed by atoms with van der Waals surface area (Å²) in [4.78, 5) is 13.4. The van der Waals surface area contributed by atoms with Gasteiger partial charge in [0.15, 0.2) is 0 Å². The first-order valence-electron chi connectivity index (χ1n) is 21.0. The van der Waals surface area contributed by atoms with Crippen LogP contribution >= 0.6 is 23.4 Å². The molecule has 1 aromatic heterocycles. The first kappa shape index (κ1) is 42.7. The number of hydrogen-bond acceptors (Lipinski definition) is 9. The molecular formula is C48H54ClN7O3S2. The van der Waals surface area contributed by atoms with Crippen LogP contribution in [0.25, 0.3) is 22.5 Å². The van der Waals surface area contributed by atoms with Gasteiger partial charge in [0, 0.05) is 108 Å². The van der Waals surface area contributed by atoms with E-state index in [-0.39, 0.29) is 17.0 Å². The molecule has 5 aromatic carbocycles. The highest BCUT2D eigenvalue weighted by atomic mass is 35.5. The Morgan fingerprint density at radius 1 is 0.803 bits per heavy atom. The van der Waals surface area contributed by atoms with Gasteiger partial charge in [-0.05, 0) is 111 Å². The van der Waals surface area contributed by atoms with Crippen molar-refractivity contribution in [1.82, 2.24) is 14.5 Å². The molecule has 61 heavy (non-hydrogen) atoms. The summed E-state index contributed by atoms with van der Waals surface area (Å²) >= 11 is 8.00. The number of piperidine rings is 1. The molecule has 1 atom stereocenters. The van der Waals surface area contributed by atoms with Gasteiger partial charge in [-0.2, -0.15) is 0 Å². The molecule has 13 heteroatoms. The summed E-state index contributed by atoms with van der Waals surface area (Å²) < 4.78 is 32.1. The van der Waals surface area contributed by atoms with Crippen LogP contribution in [-0.4, -0.2) is 91.7 Å². The molecule has 2 saturated heterocycles. The normalized spacial score (nSPS) is 15.8. The number of aryl methyl sites for hydroxylation is 2. The Hall–Kier alpha value is -4.98. The standard InChI is InChI=1S/C48H54ClN7O3S2/c1-35-31-45(19-20-46(35)51-40(33-60-44-9-4-3-5-10-44)21-24-54-25-22-43(57)23-26-54)61(58,59)52-39-15-17-41(18-16-39)55-27-29-56(30-28-55)42-8-6-7-37(32-42)47-48(53(2)34-50-47)36-11-13-38(49)14-12-36/h3-20,31-32,34,40,43,51-52,57H,21-30,33H2,1-2H3/t40-/m1/s1. The number of nitrogens with one attached hydrogen (secondary N) is 2. The summed E-state index contributed by atoms with van der Waals surface area (Å²) in [6.07, 6.45) is 4.25. The number of piperazine rings is 1. The highest BCUT2D eigenvalue weighted by molar-refractivity contribution is 7.99. The van der Waals surface area contributed by atoms with Crippen molar-refractivity contribution in [3.8, 4) is 22.5 Å². The number of nitrogens with zero attached hydrogens (tertiary/aromatic N) is 5. The molecule has 0 bridgehead atoms. The number of rotatable bonds is 15. The minimum absolute atomic E-state index is 0.177. The quantitative estimate of drug-likeness (QED) is 0.0872. The maximum atomic E-state index is 13.6. The van der Waals surface area contributed by atoms with E-state index in [9.17, 15) is 13.5 Å². The monoisotopic (exact) mass is 875 g/mol. The van der Waals surface area contributed by atoms with E-state index in [1.807, 2.05) is 97.3 Å². The summed E-state index contributed by atoms with van der Waals surface area (Å²) in [5.41, 5.74) is 8.66. The SMILES string of the molecule is Cc1cc(S(=O)(=O)Nc2ccc(N3CCN(c4cccc(-c5ncn(C)c5-c5ccc(Cl)cc5)c4)CC3)cc2)ccc1N[C@H](CCN1CCC(O)CC1)CSc1ccccc1. The first-order valence-corrected chi connectivity index (χ1v) is 23.9. The lowest BCUT2D eigenvalue weighted by Crippen LogP contribution is -2.46. The van der Waals surface area contributed by atoms with Crippen molar-refractivity contribution < 1.29 is 13.5 Å². The Morgan fingerprint density at radius 3 is 2.21 bits per heavy atom. The lowest BCUT2D eigenvalue weighted by Gasteiger charge is -2.37. The van der Waals surface area contributed by atoms with Gasteiger partial charge >= 0.3 is 0 Å². The number of aliphatic hydroxyl groups excluding tert-OH is 1. The molecule has 318 valence electrons. The highest BCUT2D eigenvalue weighted by Crippen LogP contribution is 2.34. The Kier molecular flexibility index (Phi) is 13.6. The molecule has 2 aliphatic rings. The van der Waals surface area contributed by atoms with E-state index in [4.69, 9.17) is 16.6 Å². The number of thioether (sulfide) groups is 1. The van der Waals surface area contributed by atoms with E-state index < -0.39 is 10.0 Å². The molecule has 0 amide bonds. The zero-order chi connectivity index (χ0) is 42.3. The number of sulfonamides is 1. The Morgan fingerprint density at radius 2 is 1.51 bits per heavy atom. The van der Waals surface area contributed by atoms with Gasteiger partial charge in [0.05, 0.1) is 28.7 Å². The number of anilines is 4. The van der Waals surface area contributed by atoms with Gasteiger partial charge in [-0.15, -0.1) is 11.8 Å². The van der Waals surface area contributed by atoms with Gasteiger partial charge in [0.2, 0.25) is 0 Å². The summed E-state index contributed by atoms with van der Waals surface area (Å²) in [6.45, 7) is 8.10. The van der Waals surface area contributed by atoms with Gasteiger partial charge in [0.25, 0.3) is 10.0 Å². The van der Waals surface area contributed by atoms with E-state index in [1.54, 1.807) is 12.1 Å². The van der Waals surface area contributed by atoms with E-state index in [2.05, 4.69) is 73.3 Å². The zero-order valence-corrected chi connectivity index (χ0v) is 37.1. The Labute approximate surface area is 369 Å². The number of aromatic nitrogens is 2. The molecule has 0 aliphatic carbocycles. The van der Waals surface area contributed by atoms with Crippen LogP contribution in [0.2, 0.25) is 5.02 Å². The number of hydrogen-bond donors (Lipinski definition) is 3. The van der Waals surface area contributed by atoms with Crippen LogP contribution in [0.1, 0.15) is 24.8 Å². The third-order valence-corrected chi connectivity index (χ3v) is 14.5. The molecule has 2 fully saturated rings. The molecule has 0 radical (unpaired) electrons. The van der Waals surface area contributed by atoms with Crippen molar-refractivity contribution >= 4 is 56.1 Å². The van der Waals surface area contributed by atoms with Gasteiger partial charge in [-0.3, -0.25) is 4.72 Å². The van der Waals surface area contributed by atoms with E-state index >= 15 is 0 Å². The van der Waals surface area contributed by atoms with Crippen molar-refractivity contribution in [3.05, 3.63) is 138 Å². The smallest absolute Gasteiger partial charge is 0.261 e. The first-order chi connectivity index (χ1) is 29.6. The number of aliphatic hydroxyl groups is 1. The van der Waals surface area contributed by atoms with Gasteiger partial charge < -0.3 is 29.7 Å². The number of likely N-dealkylation sites (tertiary alicyclic amines) is 1. The lowest BCUT2D eigenvalue weighted by atomic mass is 10.0. The van der Waals surface area contributed by atoms with Crippen molar-refractivity contribution in [2.45, 2.75) is 48.1 Å². The minimum Gasteiger partial charge on any atom is -0.393 e. The van der Waals surface area contributed by atoms with Crippen LogP contribution < -0.4 is 19.8 Å². The fourth-order valence-electron chi connectivity index (χ4n) is 8.19. The predicted molar refractivity (Wildman–Crippen MR) is 253 cm³/mol. The molecule has 0 spiro atoms. The average Bonchev–Trinajstić information content (AvgIpc) is 3.67. The molecule has 2 aliphatic heterocycles. The van der Waals surface area contributed by atoms with Crippen LogP contribution in [0.3, 0.4) is 0 Å². The molecule has 0 unspecified atom stereocenters. The lowest BCUT2D eigenvalue weighted by molar-refractivity contribution is 0.0817. The third-order valence-electron chi connectivity index (χ3n) is 11.7. The van der Waals surface area contributed by atoms with Crippen molar-refractivity contribution in [2.75, 3.05) is 71.4 Å². The fraction of sp³-hybridized carbons (Fsp3) is 0.312. The zero-order valence-electron chi connectivity index (χ0n) is 34.8. The number of halogens is 1. The summed E-state index contributed by atoms with van der Waals surface area (Å²) in [5, 5.41) is 14.4. The number of benzene rings is 5. The summed E-state index contributed by atoms with van der Waals surface area (Å²) in [5.74, 6) is 0.876. The van der Waals surface area contributed by atoms with E-state index in [0.717, 1.165) is 116 Å². The van der Waals surface area contributed by atoms with Crippen LogP contribution in [0.5, 0.6) is 0 Å². The topological polar surface area (TPSA) is 106 Å². The maximum absolute atomic E-state index is 13.6. The van der Waals surface area contributed by atoms with E-state index in [1.165, 1.54) is 4.90 Å². The Bertz CT molecular complexity index is 2490. The van der Waals surface area contributed by atoms with Gasteiger partial charge in [0.1, 0.15) is 0 Å². The second kappa shape index (κ2) is 19.4. The molecule has 10 nitrogen and oxygen atoms in total. The second-order valence-corrected chi connectivity index (χ2v) is 19.3. The highest BCUT2D eigenvalue weighted by Gasteiger charge is 2.23. The van der Waals surface area contributed by atoms with Crippen molar-refractivity contribution in [2.24, 2.45) is 7.05 Å². The predicted octanol–water partition coefficient (Wildman–Crippen LogP) is 9.26. The van der Waals surface area contributed by atoms with Crippen LogP contribution in [0.15, 0.2) is 137 Å². The molecule has 3 N–H and O–H groups in total. The largest absolute Gasteiger partial charge is 0.393 e. The Balaban J connectivity index is 0.868. The van der Waals surface area contributed by atoms with Crippen molar-refractivity contribution in [1.29, 1.82) is 0 Å². The minimum atomic E-state index is -3.82. The maximum Gasteiger partial charge on any atom is 0.261 e. The van der Waals surface area contributed by atoms with Crippen LogP contribution in [0.4, 0.5) is 22.7 Å². The van der Waals surface area contributed by atoms with Crippen molar-refractivity contribution in [3.63, 3.8) is 0 Å². The summed E-state index contributed by atoms with van der Waals surface area (Å²) in [7, 11) is -1.80. The number of imidazole rings is 1. The summed E-state index contributed by atoms with van der Waals surface area (Å²) in [6, 6.07) is 40.0. The van der Waals surface area contributed by atoms with Crippen LogP contribution in [-0.2, 0) is 17.1 Å². The van der Waals surface area contributed by atoms with E-state index in [0.29, 0.717) is 10.7 Å². The second-order valence-electron chi connectivity index (χ2n) is 16.0. The molecular weight excluding hydrogens is 822 g/mol. The van der Waals surface area contributed by atoms with Gasteiger partial charge in [-0.1, -0.05) is 54.1 Å². The molecule has 8 rings (SSSR count). The average molecular weight is 877 g/mol. The third kappa shape index (κ3) is 10.7. The fourth-order valence-corrected chi connectivity index (χ4v) is 10.5. The molecule has 3 heterocycles. The molecule has 0 saturated carbocycles. The van der Waals surface area contributed by atoms with Crippen LogP contribution in [0, 0.1) is 6.92 Å². The van der Waals surface area contributed by atoms with Gasteiger partial charge in [-0.25, -0.2) is 13.4 Å².